The first-order chi connectivity index (χ1) is 7.17. The van der Waals surface area contributed by atoms with Crippen molar-refractivity contribution >= 4 is 46.4 Å². The fraction of sp³-hybridized carbons (Fsp3) is 0. The van der Waals surface area contributed by atoms with Gasteiger partial charge in [0.2, 0.25) is 11.5 Å². The lowest BCUT2D eigenvalue weighted by Crippen LogP contribution is -1.90. The van der Waals surface area contributed by atoms with Crippen molar-refractivity contribution < 1.29 is 13.8 Å². The fourth-order valence-corrected chi connectivity index (χ4v) is 1.27. The van der Waals surface area contributed by atoms with Crippen LogP contribution < -0.4 is 4.84 Å². The molecule has 1 aromatic carbocycles. The van der Waals surface area contributed by atoms with Crippen LogP contribution >= 0.6 is 11.6 Å². The van der Waals surface area contributed by atoms with Gasteiger partial charge in [-0.05, 0) is 28.3 Å². The Labute approximate surface area is 98.8 Å². The predicted octanol–water partition coefficient (Wildman–Crippen LogP) is 2.12. The normalized spacial score (nSPS) is 9.13. The number of halogens is 1. The zero-order chi connectivity index (χ0) is 11.3. The summed E-state index contributed by atoms with van der Waals surface area (Å²) < 4.78 is 16.7. The van der Waals surface area contributed by atoms with E-state index in [4.69, 9.17) is 11.6 Å². The van der Waals surface area contributed by atoms with Crippen LogP contribution in [0.1, 0.15) is 10.4 Å². The van der Waals surface area contributed by atoms with E-state index in [0.717, 1.165) is 0 Å². The molecule has 0 radical (unpaired) electrons. The topological polar surface area (TPSA) is 68.1 Å². The van der Waals surface area contributed by atoms with Gasteiger partial charge in [-0.1, -0.05) is 0 Å². The highest BCUT2D eigenvalue weighted by Crippen LogP contribution is 2.24. The average molecular weight is 263 g/mol. The van der Waals surface area contributed by atoms with E-state index in [2.05, 4.69) is 26.2 Å². The number of carbonyl (C=O) groups excluding carboxylic acids is 1. The molecule has 1 aromatic rings. The molecule has 0 amide bonds. The zero-order valence-electron chi connectivity index (χ0n) is 7.05. The Hall–Kier alpha value is -1.18. The van der Waals surface area contributed by atoms with Gasteiger partial charge in [-0.15, -0.1) is 0 Å². The molecule has 0 aliphatic carbocycles. The lowest BCUT2D eigenvalue weighted by molar-refractivity contribution is 0.108. The van der Waals surface area contributed by atoms with E-state index in [9.17, 15) is 9.00 Å². The molecule has 0 aliphatic heterocycles. The van der Waals surface area contributed by atoms with Gasteiger partial charge in [0.25, 0.3) is 5.24 Å². The van der Waals surface area contributed by atoms with E-state index < -0.39 is 5.24 Å². The van der Waals surface area contributed by atoms with Gasteiger partial charge < -0.3 is 4.84 Å². The van der Waals surface area contributed by atoms with Gasteiger partial charge in [0.05, 0.1) is 18.1 Å². The van der Waals surface area contributed by atoms with Crippen LogP contribution in [-0.4, -0.2) is 9.45 Å². The molecule has 0 atom stereocenters. The van der Waals surface area contributed by atoms with Gasteiger partial charge in [-0.25, -0.2) is 0 Å². The Bertz CT molecular complexity index is 439. The lowest BCUT2D eigenvalue weighted by Gasteiger charge is -2.00. The summed E-state index contributed by atoms with van der Waals surface area (Å²) in [5.41, 5.74) is 0.413. The summed E-state index contributed by atoms with van der Waals surface area (Å²) >= 11 is 9.52. The van der Waals surface area contributed by atoms with Crippen molar-refractivity contribution in [3.05, 3.63) is 23.8 Å². The molecule has 0 aromatic heterocycles. The molecule has 8 heteroatoms. The van der Waals surface area contributed by atoms with Gasteiger partial charge in [0.15, 0.2) is 5.75 Å². The van der Waals surface area contributed by atoms with Crippen molar-refractivity contribution in [2.45, 2.75) is 0 Å². The number of carbonyl (C=O) groups is 1. The third-order valence-electron chi connectivity index (χ3n) is 1.40. The Balaban J connectivity index is 3.24. The Kier molecular flexibility index (Phi) is 4.47. The molecule has 1 rings (SSSR count). The third kappa shape index (κ3) is 3.46. The molecule has 5 nitrogen and oxygen atoms in total. The van der Waals surface area contributed by atoms with E-state index in [0.29, 0.717) is 0 Å². The molecular formula is C7H3ClN2O3S2. The minimum absolute atomic E-state index is 0.0103. The first-order valence-electron chi connectivity index (χ1n) is 3.52. The third-order valence-corrected chi connectivity index (χ3v) is 1.98. The summed E-state index contributed by atoms with van der Waals surface area (Å²) in [6, 6.07) is 4.11. The highest BCUT2D eigenvalue weighted by molar-refractivity contribution is 7.54. The summed E-state index contributed by atoms with van der Waals surface area (Å²) in [6.45, 7) is 0. The van der Waals surface area contributed by atoms with Crippen LogP contribution in [0.5, 0.6) is 5.75 Å². The SMILES string of the molecule is O=S=Nc1cc(ON=S)cc(C(=O)Cl)c1. The number of hydrogen-bond donors (Lipinski definition) is 0. The van der Waals surface area contributed by atoms with Crippen LogP contribution in [0.3, 0.4) is 0 Å². The van der Waals surface area contributed by atoms with E-state index in [1.165, 1.54) is 18.2 Å². The van der Waals surface area contributed by atoms with Gasteiger partial charge in [0, 0.05) is 11.6 Å². The molecule has 0 fully saturated rings. The van der Waals surface area contributed by atoms with Crippen LogP contribution in [0.2, 0.25) is 0 Å². The maximum atomic E-state index is 10.9. The maximum Gasteiger partial charge on any atom is 0.252 e. The average Bonchev–Trinajstić information content (AvgIpc) is 2.18. The Morgan fingerprint density at radius 1 is 1.47 bits per heavy atom. The first-order valence-corrected chi connectivity index (χ1v) is 4.96. The Morgan fingerprint density at radius 3 is 2.73 bits per heavy atom. The second kappa shape index (κ2) is 5.64. The second-order valence-corrected chi connectivity index (χ2v) is 3.14. The van der Waals surface area contributed by atoms with Crippen molar-refractivity contribution in [1.29, 1.82) is 0 Å². The van der Waals surface area contributed by atoms with Crippen LogP contribution in [-0.2, 0) is 23.9 Å². The molecule has 15 heavy (non-hydrogen) atoms. The van der Waals surface area contributed by atoms with Crippen LogP contribution in [0.25, 0.3) is 0 Å². The minimum Gasteiger partial charge on any atom is -0.346 e. The Morgan fingerprint density at radius 2 is 2.20 bits per heavy atom. The molecule has 0 bridgehead atoms. The maximum absolute atomic E-state index is 10.9. The molecule has 0 aliphatic rings. The lowest BCUT2D eigenvalue weighted by atomic mass is 10.2. The van der Waals surface area contributed by atoms with Gasteiger partial charge in [-0.2, -0.15) is 8.57 Å². The van der Waals surface area contributed by atoms with E-state index in [1.807, 2.05) is 0 Å². The van der Waals surface area contributed by atoms with Crippen LogP contribution in [0.4, 0.5) is 5.69 Å². The molecule has 0 unspecified atom stereocenters. The van der Waals surface area contributed by atoms with Gasteiger partial charge in [0.1, 0.15) is 0 Å². The molecule has 0 saturated carbocycles. The molecule has 78 valence electrons. The molecule has 0 N–H and O–H groups in total. The van der Waals surface area contributed by atoms with Crippen molar-refractivity contribution in [3.63, 3.8) is 0 Å². The molecule has 0 heterocycles. The summed E-state index contributed by atoms with van der Waals surface area (Å²) in [4.78, 5) is 15.5. The first kappa shape index (κ1) is 11.9. The van der Waals surface area contributed by atoms with E-state index in [1.54, 1.807) is 0 Å². The predicted molar refractivity (Wildman–Crippen MR) is 57.3 cm³/mol. The van der Waals surface area contributed by atoms with Crippen molar-refractivity contribution in [3.8, 4) is 5.75 Å². The van der Waals surface area contributed by atoms with Crippen LogP contribution in [0, 0.1) is 0 Å². The number of rotatable bonds is 4. The quantitative estimate of drug-likeness (QED) is 0.616. The molecule has 0 saturated heterocycles. The number of benzene rings is 1. The summed E-state index contributed by atoms with van der Waals surface area (Å²) in [7, 11) is 0. The summed E-state index contributed by atoms with van der Waals surface area (Å²) in [5, 5.41) is -0.683. The van der Waals surface area contributed by atoms with Crippen LogP contribution in [0.15, 0.2) is 27.1 Å². The fourth-order valence-electron chi connectivity index (χ4n) is 0.888. The van der Waals surface area contributed by atoms with Crippen molar-refractivity contribution in [2.24, 2.45) is 8.89 Å². The zero-order valence-corrected chi connectivity index (χ0v) is 9.43. The number of nitrogens with zero attached hydrogens (tertiary/aromatic N) is 2. The molecule has 0 spiro atoms. The van der Waals surface area contributed by atoms with Crippen molar-refractivity contribution in [1.82, 2.24) is 0 Å². The van der Waals surface area contributed by atoms with E-state index >= 15 is 0 Å². The smallest absolute Gasteiger partial charge is 0.252 e. The van der Waals surface area contributed by atoms with Gasteiger partial charge >= 0.3 is 0 Å². The standard InChI is InChI=1S/C7H3ClN2O3S2/c8-7(11)4-1-5(9-15-12)3-6(2-4)13-10-14/h1-3H. The largest absolute Gasteiger partial charge is 0.346 e. The monoisotopic (exact) mass is 262 g/mol. The second-order valence-electron chi connectivity index (χ2n) is 2.32. The van der Waals surface area contributed by atoms with Gasteiger partial charge in [-0.3, -0.25) is 4.79 Å². The summed E-state index contributed by atoms with van der Waals surface area (Å²) in [5.74, 6) is 0.198. The van der Waals surface area contributed by atoms with E-state index in [-0.39, 0.29) is 28.5 Å². The minimum atomic E-state index is -0.683. The number of hydrogen-bond acceptors (Lipinski definition) is 6. The highest BCUT2D eigenvalue weighted by Gasteiger charge is 2.07. The van der Waals surface area contributed by atoms with Crippen molar-refractivity contribution in [2.75, 3.05) is 0 Å². The highest BCUT2D eigenvalue weighted by atomic mass is 35.5. The summed E-state index contributed by atoms with van der Waals surface area (Å²) in [6.07, 6.45) is 0. The molecular weight excluding hydrogens is 260 g/mol.